The number of benzene rings is 2. The van der Waals surface area contributed by atoms with Crippen LogP contribution in [0.5, 0.6) is 0 Å². The zero-order chi connectivity index (χ0) is 18.8. The van der Waals surface area contributed by atoms with Crippen molar-refractivity contribution in [1.29, 1.82) is 0 Å². The summed E-state index contributed by atoms with van der Waals surface area (Å²) < 4.78 is 5.52. The fourth-order valence-electron chi connectivity index (χ4n) is 4.39. The molecule has 2 aromatic carbocycles. The van der Waals surface area contributed by atoms with Gasteiger partial charge >= 0.3 is 0 Å². The summed E-state index contributed by atoms with van der Waals surface area (Å²) in [7, 11) is 0. The summed E-state index contributed by atoms with van der Waals surface area (Å²) >= 11 is 0. The van der Waals surface area contributed by atoms with Crippen molar-refractivity contribution in [3.63, 3.8) is 0 Å². The van der Waals surface area contributed by atoms with Gasteiger partial charge in [-0.2, -0.15) is 0 Å². The minimum absolute atomic E-state index is 0.133. The van der Waals surface area contributed by atoms with Gasteiger partial charge in [0.25, 0.3) is 5.91 Å². The lowest BCUT2D eigenvalue weighted by atomic mass is 10.0. The Balaban J connectivity index is 1.60. The lowest BCUT2D eigenvalue weighted by Gasteiger charge is -2.25. The van der Waals surface area contributed by atoms with Crippen molar-refractivity contribution in [3.8, 4) is 0 Å². The number of anilines is 2. The molecule has 0 atom stereocenters. The Morgan fingerprint density at radius 2 is 1.85 bits per heavy atom. The van der Waals surface area contributed by atoms with Crippen LogP contribution in [0.25, 0.3) is 10.8 Å². The molecule has 2 heterocycles. The molecule has 0 N–H and O–H groups in total. The molecule has 0 bridgehead atoms. The first kappa shape index (κ1) is 18.3. The van der Waals surface area contributed by atoms with Crippen molar-refractivity contribution in [2.75, 3.05) is 62.3 Å². The predicted molar refractivity (Wildman–Crippen MR) is 111 cm³/mol. The molecule has 5 heteroatoms. The summed E-state index contributed by atoms with van der Waals surface area (Å²) in [6, 6.07) is 10.5. The van der Waals surface area contributed by atoms with E-state index in [1.807, 2.05) is 30.9 Å². The van der Waals surface area contributed by atoms with E-state index in [0.29, 0.717) is 6.54 Å². The maximum Gasteiger partial charge on any atom is 0.258 e. The average molecular weight is 367 g/mol. The molecule has 4 rings (SSSR count). The van der Waals surface area contributed by atoms with Crippen LogP contribution in [0.2, 0.25) is 0 Å². The number of hydrogen-bond donors (Lipinski definition) is 0. The van der Waals surface area contributed by atoms with E-state index in [1.165, 1.54) is 11.1 Å². The quantitative estimate of drug-likeness (QED) is 0.734. The van der Waals surface area contributed by atoms with Gasteiger partial charge in [0, 0.05) is 61.4 Å². The van der Waals surface area contributed by atoms with Crippen LogP contribution in [-0.2, 0) is 4.74 Å². The molecule has 1 amide bonds. The third-order valence-corrected chi connectivity index (χ3v) is 5.76. The van der Waals surface area contributed by atoms with Gasteiger partial charge in [-0.05, 0) is 45.0 Å². The average Bonchev–Trinajstić information content (AvgIpc) is 2.84. The Kier molecular flexibility index (Phi) is 5.32. The fraction of sp³-hybridized carbons (Fsp3) is 0.500. The van der Waals surface area contributed by atoms with E-state index in [-0.39, 0.29) is 5.91 Å². The highest BCUT2D eigenvalue weighted by Gasteiger charge is 2.30. The number of hydrogen-bond acceptors (Lipinski definition) is 4. The summed E-state index contributed by atoms with van der Waals surface area (Å²) in [4.78, 5) is 19.6. The molecule has 2 aliphatic heterocycles. The van der Waals surface area contributed by atoms with Crippen molar-refractivity contribution in [1.82, 2.24) is 4.90 Å². The van der Waals surface area contributed by atoms with Gasteiger partial charge in [0.1, 0.15) is 0 Å². The summed E-state index contributed by atoms with van der Waals surface area (Å²) in [5.74, 6) is 0.133. The molecule has 1 saturated heterocycles. The van der Waals surface area contributed by atoms with E-state index in [4.69, 9.17) is 4.74 Å². The van der Waals surface area contributed by atoms with E-state index in [2.05, 4.69) is 28.0 Å². The fourth-order valence-corrected chi connectivity index (χ4v) is 4.39. The van der Waals surface area contributed by atoms with Crippen LogP contribution in [0.15, 0.2) is 30.3 Å². The van der Waals surface area contributed by atoms with Crippen LogP contribution in [0.1, 0.15) is 30.6 Å². The summed E-state index contributed by atoms with van der Waals surface area (Å²) in [5.41, 5.74) is 3.16. The highest BCUT2D eigenvalue weighted by Crippen LogP contribution is 2.41. The lowest BCUT2D eigenvalue weighted by Crippen LogP contribution is -2.33. The standard InChI is InChI=1S/C22H29N3O2/c1-3-25-20-10-9-19(17-7-5-8-18(21(17)20)22(25)26)24-12-6-11-23(13-14-24)15-16-27-4-2/h5,7-10H,3-4,6,11-16H2,1-2H3. The third kappa shape index (κ3) is 3.30. The molecule has 0 saturated carbocycles. The molecule has 27 heavy (non-hydrogen) atoms. The van der Waals surface area contributed by atoms with Gasteiger partial charge in [0.15, 0.2) is 0 Å². The maximum atomic E-state index is 12.7. The SMILES string of the molecule is CCOCCN1CCCN(c2ccc3c4c(cccc24)C(=O)N3CC)CC1. The number of carbonyl (C=O) groups excluding carboxylic acids is 1. The molecule has 2 aliphatic rings. The molecule has 0 unspecified atom stereocenters. The van der Waals surface area contributed by atoms with Gasteiger partial charge in [0.05, 0.1) is 12.3 Å². The van der Waals surface area contributed by atoms with E-state index in [9.17, 15) is 4.79 Å². The van der Waals surface area contributed by atoms with Crippen LogP contribution >= 0.6 is 0 Å². The minimum atomic E-state index is 0.133. The van der Waals surface area contributed by atoms with E-state index >= 15 is 0 Å². The Morgan fingerprint density at radius 1 is 1.00 bits per heavy atom. The smallest absolute Gasteiger partial charge is 0.258 e. The van der Waals surface area contributed by atoms with Crippen molar-refractivity contribution >= 4 is 28.1 Å². The maximum absolute atomic E-state index is 12.7. The highest BCUT2D eigenvalue weighted by molar-refractivity contribution is 6.26. The lowest BCUT2D eigenvalue weighted by molar-refractivity contribution is 0.0994. The highest BCUT2D eigenvalue weighted by atomic mass is 16.5. The Hall–Kier alpha value is -2.11. The number of ether oxygens (including phenoxy) is 1. The minimum Gasteiger partial charge on any atom is -0.380 e. The second-order valence-corrected chi connectivity index (χ2v) is 7.26. The van der Waals surface area contributed by atoms with Gasteiger partial charge in [-0.25, -0.2) is 0 Å². The number of nitrogens with zero attached hydrogens (tertiary/aromatic N) is 3. The first-order chi connectivity index (χ1) is 13.2. The van der Waals surface area contributed by atoms with Crippen molar-refractivity contribution < 1.29 is 9.53 Å². The van der Waals surface area contributed by atoms with Gasteiger partial charge < -0.3 is 14.5 Å². The summed E-state index contributed by atoms with van der Waals surface area (Å²) in [6.07, 6.45) is 1.15. The zero-order valence-corrected chi connectivity index (χ0v) is 16.4. The van der Waals surface area contributed by atoms with Crippen molar-refractivity contribution in [2.24, 2.45) is 0 Å². The first-order valence-corrected chi connectivity index (χ1v) is 10.2. The molecule has 0 aromatic heterocycles. The van der Waals surface area contributed by atoms with Crippen LogP contribution in [0.3, 0.4) is 0 Å². The second-order valence-electron chi connectivity index (χ2n) is 7.26. The molecule has 0 aliphatic carbocycles. The first-order valence-electron chi connectivity index (χ1n) is 10.2. The van der Waals surface area contributed by atoms with Crippen LogP contribution in [-0.4, -0.2) is 63.3 Å². The predicted octanol–water partition coefficient (Wildman–Crippen LogP) is 3.37. The van der Waals surface area contributed by atoms with E-state index in [0.717, 1.165) is 69.0 Å². The van der Waals surface area contributed by atoms with Crippen molar-refractivity contribution in [2.45, 2.75) is 20.3 Å². The normalized spacial score (nSPS) is 17.8. The Labute approximate surface area is 161 Å². The Bertz CT molecular complexity index is 836. The molecule has 0 spiro atoms. The van der Waals surface area contributed by atoms with Gasteiger partial charge in [-0.1, -0.05) is 12.1 Å². The molecule has 2 aromatic rings. The van der Waals surface area contributed by atoms with Crippen LogP contribution in [0, 0.1) is 0 Å². The van der Waals surface area contributed by atoms with Crippen LogP contribution in [0.4, 0.5) is 11.4 Å². The Morgan fingerprint density at radius 3 is 2.67 bits per heavy atom. The molecule has 0 radical (unpaired) electrons. The third-order valence-electron chi connectivity index (χ3n) is 5.76. The number of amides is 1. The van der Waals surface area contributed by atoms with Gasteiger partial charge in [0.2, 0.25) is 0 Å². The molecular weight excluding hydrogens is 338 g/mol. The molecular formula is C22H29N3O2. The van der Waals surface area contributed by atoms with Gasteiger partial charge in [-0.3, -0.25) is 9.69 Å². The van der Waals surface area contributed by atoms with Crippen LogP contribution < -0.4 is 9.80 Å². The second kappa shape index (κ2) is 7.87. The molecule has 5 nitrogen and oxygen atoms in total. The number of carbonyl (C=O) groups is 1. The number of rotatable bonds is 6. The van der Waals surface area contributed by atoms with E-state index in [1.54, 1.807) is 0 Å². The monoisotopic (exact) mass is 367 g/mol. The molecule has 144 valence electrons. The van der Waals surface area contributed by atoms with Gasteiger partial charge in [-0.15, -0.1) is 0 Å². The molecule has 1 fully saturated rings. The largest absolute Gasteiger partial charge is 0.380 e. The van der Waals surface area contributed by atoms with E-state index < -0.39 is 0 Å². The summed E-state index contributed by atoms with van der Waals surface area (Å²) in [6.45, 7) is 11.6. The topological polar surface area (TPSA) is 36.0 Å². The zero-order valence-electron chi connectivity index (χ0n) is 16.4. The summed E-state index contributed by atoms with van der Waals surface area (Å²) in [5, 5.41) is 2.33. The van der Waals surface area contributed by atoms with Crippen molar-refractivity contribution in [3.05, 3.63) is 35.9 Å².